The lowest BCUT2D eigenvalue weighted by Crippen LogP contribution is -2.31. The molecule has 1 aromatic rings. The van der Waals surface area contributed by atoms with Crippen LogP contribution in [0.4, 0.5) is 5.69 Å². The number of nitrogens with one attached hydrogen (secondary N) is 1. The lowest BCUT2D eigenvalue weighted by molar-refractivity contribution is -0.126. The normalized spacial score (nSPS) is 11.1. The zero-order valence-electron chi connectivity index (χ0n) is 14.9. The van der Waals surface area contributed by atoms with Crippen molar-refractivity contribution in [3.8, 4) is 0 Å². The Balaban J connectivity index is 2.74. The summed E-state index contributed by atoms with van der Waals surface area (Å²) in [4.78, 5) is 37.4. The minimum atomic E-state index is -0.327. The van der Waals surface area contributed by atoms with Crippen LogP contribution in [0.3, 0.4) is 0 Å². The van der Waals surface area contributed by atoms with Crippen molar-refractivity contribution in [2.45, 2.75) is 40.5 Å². The van der Waals surface area contributed by atoms with Crippen LogP contribution in [0, 0.1) is 0 Å². The summed E-state index contributed by atoms with van der Waals surface area (Å²) in [6, 6.07) is 6.66. The second-order valence-electron chi connectivity index (χ2n) is 5.74. The molecule has 1 rings (SSSR count). The summed E-state index contributed by atoms with van der Waals surface area (Å²) in [5.74, 6) is -0.494. The fraction of sp³-hybridized carbons (Fsp3) is 0.421. The first kappa shape index (κ1) is 19.6. The summed E-state index contributed by atoms with van der Waals surface area (Å²) in [5, 5.41) is 2.73. The smallest absolute Gasteiger partial charge is 0.251 e. The van der Waals surface area contributed by atoms with Crippen molar-refractivity contribution in [2.24, 2.45) is 0 Å². The Hall–Kier alpha value is -2.43. The summed E-state index contributed by atoms with van der Waals surface area (Å²) >= 11 is 0. The number of carbonyl (C=O) groups excluding carboxylic acids is 3. The molecule has 0 radical (unpaired) electrons. The van der Waals surface area contributed by atoms with Gasteiger partial charge in [-0.05, 0) is 51.0 Å². The number of hydrogen-bond donors (Lipinski definition) is 1. The Morgan fingerprint density at radius 2 is 1.54 bits per heavy atom. The average Bonchev–Trinajstić information content (AvgIpc) is 2.54. The molecule has 0 aliphatic carbocycles. The molecule has 0 atom stereocenters. The summed E-state index contributed by atoms with van der Waals surface area (Å²) in [7, 11) is 0. The van der Waals surface area contributed by atoms with E-state index in [0.717, 1.165) is 12.8 Å². The quantitative estimate of drug-likeness (QED) is 0.586. The summed E-state index contributed by atoms with van der Waals surface area (Å²) in [6.07, 6.45) is 3.14. The Bertz CT molecular complexity index is 612. The highest BCUT2D eigenvalue weighted by Crippen LogP contribution is 2.11. The average molecular weight is 330 g/mol. The van der Waals surface area contributed by atoms with Gasteiger partial charge in [0.1, 0.15) is 0 Å². The molecule has 1 aromatic carbocycles. The Kier molecular flexibility index (Phi) is 7.89. The number of rotatable bonds is 8. The number of ketones is 1. The molecule has 0 aromatic heterocycles. The van der Waals surface area contributed by atoms with Crippen LogP contribution in [0.15, 0.2) is 35.9 Å². The first-order valence-corrected chi connectivity index (χ1v) is 8.28. The monoisotopic (exact) mass is 330 g/mol. The summed E-state index contributed by atoms with van der Waals surface area (Å²) in [5.41, 5.74) is 1.53. The third-order valence-electron chi connectivity index (χ3n) is 3.55. The van der Waals surface area contributed by atoms with Gasteiger partial charge >= 0.3 is 0 Å². The van der Waals surface area contributed by atoms with E-state index in [-0.39, 0.29) is 17.6 Å². The number of anilines is 1. The highest BCUT2D eigenvalue weighted by molar-refractivity contribution is 6.07. The minimum Gasteiger partial charge on any atom is -0.339 e. The van der Waals surface area contributed by atoms with E-state index < -0.39 is 0 Å². The van der Waals surface area contributed by atoms with Crippen LogP contribution >= 0.6 is 0 Å². The van der Waals surface area contributed by atoms with Gasteiger partial charge in [-0.3, -0.25) is 14.4 Å². The molecule has 5 heteroatoms. The molecule has 0 saturated carbocycles. The largest absolute Gasteiger partial charge is 0.339 e. The number of amides is 2. The van der Waals surface area contributed by atoms with Gasteiger partial charge in [-0.1, -0.05) is 13.8 Å². The third kappa shape index (κ3) is 5.99. The number of carbonyl (C=O) groups is 3. The predicted octanol–water partition coefficient (Wildman–Crippen LogP) is 3.42. The van der Waals surface area contributed by atoms with E-state index in [1.165, 1.54) is 13.0 Å². The van der Waals surface area contributed by atoms with E-state index in [1.54, 1.807) is 36.1 Å². The van der Waals surface area contributed by atoms with Crippen molar-refractivity contribution in [1.82, 2.24) is 4.90 Å². The van der Waals surface area contributed by atoms with Gasteiger partial charge in [-0.25, -0.2) is 0 Å². The van der Waals surface area contributed by atoms with Crippen LogP contribution in [0.5, 0.6) is 0 Å². The van der Waals surface area contributed by atoms with Crippen molar-refractivity contribution in [1.29, 1.82) is 0 Å². The van der Waals surface area contributed by atoms with Crippen LogP contribution in [0.25, 0.3) is 0 Å². The molecule has 0 aliphatic heterocycles. The standard InChI is InChI=1S/C19H26N2O3/c1-5-11-21(12-6-2)18(23)13-14(3)19(24)20-17-9-7-16(8-10-17)15(4)22/h7-10,13H,5-6,11-12H2,1-4H3,(H,20,24)/b14-13-. The van der Waals surface area contributed by atoms with Gasteiger partial charge in [0.15, 0.2) is 5.78 Å². The highest BCUT2D eigenvalue weighted by Gasteiger charge is 2.12. The SMILES string of the molecule is CCCN(CCC)C(=O)/C=C(/C)C(=O)Nc1ccc(C(C)=O)cc1. The van der Waals surface area contributed by atoms with Crippen molar-refractivity contribution < 1.29 is 14.4 Å². The number of nitrogens with zero attached hydrogens (tertiary/aromatic N) is 1. The van der Waals surface area contributed by atoms with Gasteiger partial charge in [0.05, 0.1) is 0 Å². The Morgan fingerprint density at radius 3 is 2.00 bits per heavy atom. The van der Waals surface area contributed by atoms with E-state index in [0.29, 0.717) is 29.9 Å². The van der Waals surface area contributed by atoms with Gasteiger partial charge in [-0.2, -0.15) is 0 Å². The molecular weight excluding hydrogens is 304 g/mol. The number of hydrogen-bond acceptors (Lipinski definition) is 3. The molecule has 0 aliphatic rings. The van der Waals surface area contributed by atoms with E-state index >= 15 is 0 Å². The molecule has 0 unspecified atom stereocenters. The minimum absolute atomic E-state index is 0.0264. The lowest BCUT2D eigenvalue weighted by atomic mass is 10.1. The molecule has 0 spiro atoms. The molecule has 1 N–H and O–H groups in total. The first-order chi connectivity index (χ1) is 11.4. The summed E-state index contributed by atoms with van der Waals surface area (Å²) in [6.45, 7) is 8.51. The molecule has 5 nitrogen and oxygen atoms in total. The van der Waals surface area contributed by atoms with Crippen molar-refractivity contribution in [2.75, 3.05) is 18.4 Å². The Morgan fingerprint density at radius 1 is 1.00 bits per heavy atom. The van der Waals surface area contributed by atoms with Crippen LogP contribution < -0.4 is 5.32 Å². The molecule has 0 bridgehead atoms. The second kappa shape index (κ2) is 9.65. The van der Waals surface area contributed by atoms with E-state index in [4.69, 9.17) is 0 Å². The van der Waals surface area contributed by atoms with Crippen molar-refractivity contribution >= 4 is 23.3 Å². The maximum atomic E-state index is 12.2. The fourth-order valence-electron chi connectivity index (χ4n) is 2.23. The highest BCUT2D eigenvalue weighted by atomic mass is 16.2. The molecule has 24 heavy (non-hydrogen) atoms. The zero-order chi connectivity index (χ0) is 18.1. The van der Waals surface area contributed by atoms with Crippen LogP contribution in [0.1, 0.15) is 50.9 Å². The second-order valence-corrected chi connectivity index (χ2v) is 5.74. The van der Waals surface area contributed by atoms with Gasteiger partial charge in [-0.15, -0.1) is 0 Å². The van der Waals surface area contributed by atoms with Gasteiger partial charge in [0.2, 0.25) is 5.91 Å². The molecule has 2 amide bonds. The van der Waals surface area contributed by atoms with Crippen LogP contribution in [0.2, 0.25) is 0 Å². The van der Waals surface area contributed by atoms with E-state index in [1.807, 2.05) is 13.8 Å². The van der Waals surface area contributed by atoms with Gasteiger partial charge < -0.3 is 10.2 Å². The fourth-order valence-corrected chi connectivity index (χ4v) is 2.23. The predicted molar refractivity (Wildman–Crippen MR) is 96.0 cm³/mol. The van der Waals surface area contributed by atoms with E-state index in [9.17, 15) is 14.4 Å². The van der Waals surface area contributed by atoms with Crippen LogP contribution in [-0.4, -0.2) is 35.6 Å². The zero-order valence-corrected chi connectivity index (χ0v) is 14.9. The third-order valence-corrected chi connectivity index (χ3v) is 3.55. The molecule has 0 saturated heterocycles. The summed E-state index contributed by atoms with van der Waals surface area (Å²) < 4.78 is 0. The maximum absolute atomic E-state index is 12.2. The van der Waals surface area contributed by atoms with Gasteiger partial charge in [0, 0.05) is 36.0 Å². The number of Topliss-reactive ketones (excluding diaryl/α,β-unsaturated/α-hetero) is 1. The first-order valence-electron chi connectivity index (χ1n) is 8.28. The van der Waals surface area contributed by atoms with Gasteiger partial charge in [0.25, 0.3) is 5.91 Å². The molecule has 0 heterocycles. The van der Waals surface area contributed by atoms with Crippen molar-refractivity contribution in [3.63, 3.8) is 0 Å². The lowest BCUT2D eigenvalue weighted by Gasteiger charge is -2.19. The van der Waals surface area contributed by atoms with Crippen molar-refractivity contribution in [3.05, 3.63) is 41.5 Å². The number of benzene rings is 1. The van der Waals surface area contributed by atoms with E-state index in [2.05, 4.69) is 5.32 Å². The Labute approximate surface area is 143 Å². The van der Waals surface area contributed by atoms with Crippen LogP contribution in [-0.2, 0) is 9.59 Å². The molecular formula is C19H26N2O3. The molecule has 0 fully saturated rings. The maximum Gasteiger partial charge on any atom is 0.251 e. The topological polar surface area (TPSA) is 66.5 Å². The molecule has 130 valence electrons.